The van der Waals surface area contributed by atoms with Crippen molar-refractivity contribution in [2.75, 3.05) is 13.1 Å². The van der Waals surface area contributed by atoms with Crippen molar-refractivity contribution in [1.29, 1.82) is 0 Å². The second-order valence-electron chi connectivity index (χ2n) is 6.56. The van der Waals surface area contributed by atoms with Crippen molar-refractivity contribution in [3.05, 3.63) is 66.1 Å². The van der Waals surface area contributed by atoms with Gasteiger partial charge in [-0.1, -0.05) is 24.3 Å². The van der Waals surface area contributed by atoms with Crippen molar-refractivity contribution in [3.63, 3.8) is 0 Å². The Bertz CT molecular complexity index is 876. The number of fused-ring (bicyclic) bond motifs is 1. The molecule has 0 saturated carbocycles. The molecule has 5 heteroatoms. The van der Waals surface area contributed by atoms with E-state index in [1.807, 2.05) is 17.2 Å². The summed E-state index contributed by atoms with van der Waals surface area (Å²) >= 11 is 0. The Kier molecular flexibility index (Phi) is 4.37. The third kappa shape index (κ3) is 3.36. The Morgan fingerprint density at radius 1 is 1.12 bits per heavy atom. The van der Waals surface area contributed by atoms with Crippen molar-refractivity contribution in [1.82, 2.24) is 20.1 Å². The lowest BCUT2D eigenvalue weighted by atomic mass is 9.90. The van der Waals surface area contributed by atoms with Crippen LogP contribution in [0.2, 0.25) is 0 Å². The van der Waals surface area contributed by atoms with E-state index in [0.29, 0.717) is 11.6 Å². The van der Waals surface area contributed by atoms with Gasteiger partial charge < -0.3 is 4.90 Å². The molecule has 0 radical (unpaired) electrons. The summed E-state index contributed by atoms with van der Waals surface area (Å²) in [7, 11) is 0. The lowest BCUT2D eigenvalue weighted by Crippen LogP contribution is -2.40. The van der Waals surface area contributed by atoms with Crippen molar-refractivity contribution < 1.29 is 4.79 Å². The number of amides is 1. The van der Waals surface area contributed by atoms with E-state index in [-0.39, 0.29) is 5.91 Å². The maximum Gasteiger partial charge on any atom is 0.274 e. The SMILES string of the molecule is O=C(c1cccnn1)N1CCC[C@H](Cc2cccc3cccnc23)C1. The Morgan fingerprint density at radius 3 is 2.88 bits per heavy atom. The van der Waals surface area contributed by atoms with Crippen LogP contribution in [0.5, 0.6) is 0 Å². The van der Waals surface area contributed by atoms with Crippen LogP contribution < -0.4 is 0 Å². The standard InChI is InChI=1S/C20H20N4O/c25-20(18-9-3-11-22-23-18)24-12-4-5-15(14-24)13-17-7-1-6-16-8-2-10-21-19(16)17/h1-3,6-11,15H,4-5,12-14H2/t15-/m1/s1. The molecule has 1 aliphatic heterocycles. The van der Waals surface area contributed by atoms with E-state index in [0.717, 1.165) is 37.9 Å². The molecule has 2 aromatic heterocycles. The third-order valence-electron chi connectivity index (χ3n) is 4.82. The zero-order valence-electron chi connectivity index (χ0n) is 14.0. The van der Waals surface area contributed by atoms with Crippen molar-refractivity contribution in [2.45, 2.75) is 19.3 Å². The molecule has 1 amide bonds. The number of rotatable bonds is 3. The van der Waals surface area contributed by atoms with E-state index in [9.17, 15) is 4.79 Å². The van der Waals surface area contributed by atoms with Crippen molar-refractivity contribution in [3.8, 4) is 0 Å². The molecule has 1 saturated heterocycles. The summed E-state index contributed by atoms with van der Waals surface area (Å²) in [5.41, 5.74) is 2.76. The summed E-state index contributed by atoms with van der Waals surface area (Å²) in [6.45, 7) is 1.55. The lowest BCUT2D eigenvalue weighted by molar-refractivity contribution is 0.0666. The van der Waals surface area contributed by atoms with Gasteiger partial charge in [-0.05, 0) is 48.9 Å². The molecule has 0 spiro atoms. The smallest absolute Gasteiger partial charge is 0.274 e. The molecule has 4 rings (SSSR count). The van der Waals surface area contributed by atoms with Gasteiger partial charge in [-0.25, -0.2) is 0 Å². The van der Waals surface area contributed by atoms with E-state index < -0.39 is 0 Å². The van der Waals surface area contributed by atoms with Crippen molar-refractivity contribution in [2.24, 2.45) is 5.92 Å². The fourth-order valence-corrected chi connectivity index (χ4v) is 3.64. The van der Waals surface area contributed by atoms with Crippen LogP contribution in [0, 0.1) is 5.92 Å². The number of likely N-dealkylation sites (tertiary alicyclic amines) is 1. The van der Waals surface area contributed by atoms with Gasteiger partial charge in [0.05, 0.1) is 5.52 Å². The van der Waals surface area contributed by atoms with E-state index in [1.54, 1.807) is 18.3 Å². The van der Waals surface area contributed by atoms with E-state index in [1.165, 1.54) is 10.9 Å². The van der Waals surface area contributed by atoms with Crippen LogP contribution in [0.25, 0.3) is 10.9 Å². The quantitative estimate of drug-likeness (QED) is 0.739. The number of carbonyl (C=O) groups excluding carboxylic acids is 1. The van der Waals surface area contributed by atoms with Crippen LogP contribution in [0.15, 0.2) is 54.9 Å². The van der Waals surface area contributed by atoms with Gasteiger partial charge in [-0.3, -0.25) is 9.78 Å². The number of pyridine rings is 1. The first kappa shape index (κ1) is 15.7. The monoisotopic (exact) mass is 332 g/mol. The van der Waals surface area contributed by atoms with Crippen LogP contribution in [-0.2, 0) is 6.42 Å². The highest BCUT2D eigenvalue weighted by atomic mass is 16.2. The number of hydrogen-bond donors (Lipinski definition) is 0. The molecular weight excluding hydrogens is 312 g/mol. The van der Waals surface area contributed by atoms with Crippen LogP contribution in [0.3, 0.4) is 0 Å². The summed E-state index contributed by atoms with van der Waals surface area (Å²) in [6, 6.07) is 13.9. The highest BCUT2D eigenvalue weighted by Gasteiger charge is 2.25. The molecule has 0 N–H and O–H groups in total. The van der Waals surface area contributed by atoms with E-state index >= 15 is 0 Å². The molecule has 1 atom stereocenters. The first-order chi connectivity index (χ1) is 12.3. The normalized spacial score (nSPS) is 17.6. The molecule has 126 valence electrons. The van der Waals surface area contributed by atoms with Gasteiger partial charge in [0, 0.05) is 30.9 Å². The summed E-state index contributed by atoms with van der Waals surface area (Å²) in [5.74, 6) is 0.427. The molecule has 1 fully saturated rings. The largest absolute Gasteiger partial charge is 0.337 e. The van der Waals surface area contributed by atoms with Gasteiger partial charge in [0.1, 0.15) is 0 Å². The highest BCUT2D eigenvalue weighted by Crippen LogP contribution is 2.25. The molecule has 25 heavy (non-hydrogen) atoms. The molecule has 1 aliphatic rings. The average molecular weight is 332 g/mol. The van der Waals surface area contributed by atoms with Gasteiger partial charge in [-0.2, -0.15) is 5.10 Å². The summed E-state index contributed by atoms with van der Waals surface area (Å²) in [4.78, 5) is 19.1. The number of benzene rings is 1. The second kappa shape index (κ2) is 6.97. The summed E-state index contributed by atoms with van der Waals surface area (Å²) in [6.07, 6.45) is 6.53. The average Bonchev–Trinajstić information content (AvgIpc) is 2.69. The first-order valence-corrected chi connectivity index (χ1v) is 8.71. The topological polar surface area (TPSA) is 59.0 Å². The molecule has 5 nitrogen and oxygen atoms in total. The van der Waals surface area contributed by atoms with Gasteiger partial charge in [0.25, 0.3) is 5.91 Å². The van der Waals surface area contributed by atoms with Gasteiger partial charge >= 0.3 is 0 Å². The maximum absolute atomic E-state index is 12.6. The Morgan fingerprint density at radius 2 is 2.00 bits per heavy atom. The van der Waals surface area contributed by atoms with Crippen LogP contribution >= 0.6 is 0 Å². The van der Waals surface area contributed by atoms with Crippen LogP contribution in [0.4, 0.5) is 0 Å². The zero-order chi connectivity index (χ0) is 17.1. The van der Waals surface area contributed by atoms with Crippen molar-refractivity contribution >= 4 is 16.8 Å². The number of nitrogens with zero attached hydrogens (tertiary/aromatic N) is 4. The molecule has 0 aliphatic carbocycles. The predicted octanol–water partition coefficient (Wildman–Crippen LogP) is 3.12. The highest BCUT2D eigenvalue weighted by molar-refractivity contribution is 5.92. The van der Waals surface area contributed by atoms with E-state index in [2.05, 4.69) is 39.4 Å². The summed E-state index contributed by atoms with van der Waals surface area (Å²) < 4.78 is 0. The predicted molar refractivity (Wildman–Crippen MR) is 96.1 cm³/mol. The van der Waals surface area contributed by atoms with Gasteiger partial charge in [0.2, 0.25) is 0 Å². The number of carbonyl (C=O) groups is 1. The Balaban J connectivity index is 1.51. The molecule has 0 bridgehead atoms. The van der Waals surface area contributed by atoms with Crippen LogP contribution in [0.1, 0.15) is 28.9 Å². The minimum absolute atomic E-state index is 0.0196. The van der Waals surface area contributed by atoms with E-state index in [4.69, 9.17) is 0 Å². The lowest BCUT2D eigenvalue weighted by Gasteiger charge is -2.32. The zero-order valence-corrected chi connectivity index (χ0v) is 14.0. The number of hydrogen-bond acceptors (Lipinski definition) is 4. The van der Waals surface area contributed by atoms with Gasteiger partial charge in [0.15, 0.2) is 5.69 Å². The molecule has 0 unspecified atom stereocenters. The molecular formula is C20H20N4O. The van der Waals surface area contributed by atoms with Gasteiger partial charge in [-0.15, -0.1) is 5.10 Å². The maximum atomic E-state index is 12.6. The second-order valence-corrected chi connectivity index (χ2v) is 6.56. The van der Waals surface area contributed by atoms with Crippen LogP contribution in [-0.4, -0.2) is 39.1 Å². The summed E-state index contributed by atoms with van der Waals surface area (Å²) in [5, 5.41) is 8.94. The fraction of sp³-hybridized carbons (Fsp3) is 0.300. The third-order valence-corrected chi connectivity index (χ3v) is 4.82. The fourth-order valence-electron chi connectivity index (χ4n) is 3.64. The number of aromatic nitrogens is 3. The minimum Gasteiger partial charge on any atom is -0.337 e. The first-order valence-electron chi connectivity index (χ1n) is 8.71. The number of piperidine rings is 1. The number of para-hydroxylation sites is 1. The molecule has 3 aromatic rings. The molecule has 1 aromatic carbocycles. The Labute approximate surface area is 146 Å². The Hall–Kier alpha value is -2.82. The molecule has 3 heterocycles. The minimum atomic E-state index is -0.0196.